The maximum Gasteiger partial charge on any atom is 0.191 e. The fourth-order valence-corrected chi connectivity index (χ4v) is 3.13. The van der Waals surface area contributed by atoms with Gasteiger partial charge in [0.2, 0.25) is 0 Å². The van der Waals surface area contributed by atoms with Crippen molar-refractivity contribution in [3.63, 3.8) is 0 Å². The summed E-state index contributed by atoms with van der Waals surface area (Å²) in [6.07, 6.45) is 2.30. The van der Waals surface area contributed by atoms with Crippen LogP contribution in [-0.4, -0.2) is 57.3 Å². The maximum absolute atomic E-state index is 6.46. The Labute approximate surface area is 173 Å². The lowest BCUT2D eigenvalue weighted by atomic mass is 10.0. The summed E-state index contributed by atoms with van der Waals surface area (Å²) >= 11 is 6.46. The van der Waals surface area contributed by atoms with E-state index in [0.717, 1.165) is 62.4 Å². The number of hydrogen-bond acceptors (Lipinski definition) is 3. The predicted molar refractivity (Wildman–Crippen MR) is 116 cm³/mol. The van der Waals surface area contributed by atoms with Crippen LogP contribution in [-0.2, 0) is 4.74 Å². The van der Waals surface area contributed by atoms with Crippen LogP contribution >= 0.6 is 35.6 Å². The van der Waals surface area contributed by atoms with E-state index in [1.807, 2.05) is 18.2 Å². The van der Waals surface area contributed by atoms with E-state index in [1.54, 1.807) is 7.05 Å². The molecule has 1 saturated heterocycles. The van der Waals surface area contributed by atoms with Gasteiger partial charge in [0.05, 0.1) is 19.3 Å². The largest absolute Gasteiger partial charge is 0.379 e. The van der Waals surface area contributed by atoms with Crippen molar-refractivity contribution < 1.29 is 4.74 Å². The van der Waals surface area contributed by atoms with E-state index in [9.17, 15) is 0 Å². The Hall–Kier alpha value is -0.570. The molecule has 1 aromatic carbocycles. The van der Waals surface area contributed by atoms with E-state index in [4.69, 9.17) is 16.3 Å². The Morgan fingerprint density at radius 2 is 2.00 bits per heavy atom. The van der Waals surface area contributed by atoms with Crippen molar-refractivity contribution in [1.82, 2.24) is 15.5 Å². The summed E-state index contributed by atoms with van der Waals surface area (Å²) in [4.78, 5) is 6.74. The van der Waals surface area contributed by atoms with Crippen molar-refractivity contribution in [3.8, 4) is 0 Å². The molecule has 1 heterocycles. The number of nitrogens with zero attached hydrogens (tertiary/aromatic N) is 2. The lowest BCUT2D eigenvalue weighted by Crippen LogP contribution is -2.46. The Morgan fingerprint density at radius 1 is 1.28 bits per heavy atom. The normalized spacial score (nSPS) is 16.8. The van der Waals surface area contributed by atoms with Crippen LogP contribution < -0.4 is 10.6 Å². The van der Waals surface area contributed by atoms with E-state index < -0.39 is 0 Å². The highest BCUT2D eigenvalue weighted by atomic mass is 127. The molecule has 2 N–H and O–H groups in total. The zero-order valence-electron chi connectivity index (χ0n) is 15.1. The quantitative estimate of drug-likeness (QED) is 0.272. The lowest BCUT2D eigenvalue weighted by molar-refractivity contribution is 0.0170. The number of benzene rings is 1. The summed E-state index contributed by atoms with van der Waals surface area (Å²) in [6.45, 7) is 7.25. The highest BCUT2D eigenvalue weighted by Gasteiger charge is 2.24. The molecule has 0 aromatic heterocycles. The number of hydrogen-bond donors (Lipinski definition) is 2. The monoisotopic (exact) mass is 480 g/mol. The van der Waals surface area contributed by atoms with Gasteiger partial charge in [-0.3, -0.25) is 9.89 Å². The van der Waals surface area contributed by atoms with Crippen LogP contribution in [0.3, 0.4) is 0 Å². The average Bonchev–Trinajstić information content (AvgIpc) is 2.62. The van der Waals surface area contributed by atoms with Gasteiger partial charge in [0, 0.05) is 38.2 Å². The van der Waals surface area contributed by atoms with Crippen molar-refractivity contribution in [1.29, 1.82) is 0 Å². The molecule has 0 bridgehead atoms. The Morgan fingerprint density at radius 3 is 2.64 bits per heavy atom. The highest BCUT2D eigenvalue weighted by molar-refractivity contribution is 14.0. The van der Waals surface area contributed by atoms with Gasteiger partial charge in [0.15, 0.2) is 5.96 Å². The van der Waals surface area contributed by atoms with Gasteiger partial charge >= 0.3 is 0 Å². The number of ether oxygens (including phenoxy) is 1. The van der Waals surface area contributed by atoms with Gasteiger partial charge < -0.3 is 15.4 Å². The molecule has 0 amide bonds. The van der Waals surface area contributed by atoms with Crippen LogP contribution in [0.1, 0.15) is 31.4 Å². The highest BCUT2D eigenvalue weighted by Crippen LogP contribution is 2.27. The molecular formula is C18H30ClIN4O. The molecule has 1 unspecified atom stereocenters. The van der Waals surface area contributed by atoms with Gasteiger partial charge in [-0.15, -0.1) is 24.0 Å². The molecule has 25 heavy (non-hydrogen) atoms. The topological polar surface area (TPSA) is 48.9 Å². The standard InChI is InChI=1S/C18H29ClN4O.HI/c1-3-4-9-21-18(20-2)22-14-17(23-10-12-24-13-11-23)15-7-5-6-8-16(15)19;/h5-8,17H,3-4,9-14H2,1-2H3,(H2,20,21,22);1H. The lowest BCUT2D eigenvalue weighted by Gasteiger charge is -2.35. The van der Waals surface area contributed by atoms with Crippen molar-refractivity contribution in [2.45, 2.75) is 25.8 Å². The Kier molecular flexibility index (Phi) is 11.4. The second kappa shape index (κ2) is 12.7. The molecule has 142 valence electrons. The van der Waals surface area contributed by atoms with Gasteiger partial charge in [-0.1, -0.05) is 43.1 Å². The van der Waals surface area contributed by atoms with E-state index in [-0.39, 0.29) is 30.0 Å². The van der Waals surface area contributed by atoms with Crippen LogP contribution in [0.2, 0.25) is 5.02 Å². The third kappa shape index (κ3) is 7.29. The molecule has 1 aliphatic rings. The summed E-state index contributed by atoms with van der Waals surface area (Å²) in [5.74, 6) is 0.841. The molecule has 1 fully saturated rings. The third-order valence-electron chi connectivity index (χ3n) is 4.26. The predicted octanol–water partition coefficient (Wildman–Crippen LogP) is 3.30. The average molecular weight is 481 g/mol. The first kappa shape index (κ1) is 22.5. The number of halogens is 2. The van der Waals surface area contributed by atoms with Gasteiger partial charge in [-0.05, 0) is 18.1 Å². The molecule has 7 heteroatoms. The summed E-state index contributed by atoms with van der Waals surface area (Å²) in [6, 6.07) is 8.28. The van der Waals surface area contributed by atoms with Gasteiger partial charge in [-0.2, -0.15) is 0 Å². The second-order valence-electron chi connectivity index (χ2n) is 5.92. The maximum atomic E-state index is 6.46. The van der Waals surface area contributed by atoms with Crippen molar-refractivity contribution in [3.05, 3.63) is 34.9 Å². The van der Waals surface area contributed by atoms with Crippen molar-refractivity contribution in [2.24, 2.45) is 4.99 Å². The van der Waals surface area contributed by atoms with E-state index in [0.29, 0.717) is 0 Å². The zero-order chi connectivity index (χ0) is 17.2. The van der Waals surface area contributed by atoms with Crippen molar-refractivity contribution in [2.75, 3.05) is 46.4 Å². The molecule has 2 rings (SSSR count). The number of rotatable bonds is 7. The third-order valence-corrected chi connectivity index (χ3v) is 4.60. The molecule has 0 radical (unpaired) electrons. The summed E-state index contributed by atoms with van der Waals surface area (Å²) in [5.41, 5.74) is 1.15. The molecule has 1 aromatic rings. The first-order chi connectivity index (χ1) is 11.8. The number of guanidine groups is 1. The summed E-state index contributed by atoms with van der Waals surface area (Å²) in [5, 5.41) is 7.62. The zero-order valence-corrected chi connectivity index (χ0v) is 18.2. The molecule has 1 aliphatic heterocycles. The number of nitrogens with one attached hydrogen (secondary N) is 2. The first-order valence-electron chi connectivity index (χ1n) is 8.77. The fourth-order valence-electron chi connectivity index (χ4n) is 2.87. The second-order valence-corrected chi connectivity index (χ2v) is 6.33. The van der Waals surface area contributed by atoms with E-state index in [2.05, 4.69) is 33.5 Å². The molecule has 1 atom stereocenters. The van der Waals surface area contributed by atoms with Gasteiger partial charge in [-0.25, -0.2) is 0 Å². The summed E-state index contributed by atoms with van der Waals surface area (Å²) in [7, 11) is 1.81. The molecule has 0 aliphatic carbocycles. The number of aliphatic imine (C=N–C) groups is 1. The van der Waals surface area contributed by atoms with E-state index in [1.165, 1.54) is 6.42 Å². The van der Waals surface area contributed by atoms with Gasteiger partial charge in [0.1, 0.15) is 0 Å². The molecule has 0 saturated carbocycles. The van der Waals surface area contributed by atoms with Gasteiger partial charge in [0.25, 0.3) is 0 Å². The number of unbranched alkanes of at least 4 members (excludes halogenated alkanes) is 1. The molecule has 5 nitrogen and oxygen atoms in total. The van der Waals surface area contributed by atoms with E-state index >= 15 is 0 Å². The smallest absolute Gasteiger partial charge is 0.191 e. The first-order valence-corrected chi connectivity index (χ1v) is 9.14. The number of morpholine rings is 1. The Balaban J connectivity index is 0.00000312. The van der Waals surface area contributed by atoms with Crippen LogP contribution in [0.5, 0.6) is 0 Å². The van der Waals surface area contributed by atoms with Crippen LogP contribution in [0.4, 0.5) is 0 Å². The molecular weight excluding hydrogens is 451 g/mol. The van der Waals surface area contributed by atoms with Crippen LogP contribution in [0, 0.1) is 0 Å². The summed E-state index contributed by atoms with van der Waals surface area (Å²) < 4.78 is 5.50. The molecule has 0 spiro atoms. The minimum absolute atomic E-state index is 0. The van der Waals surface area contributed by atoms with Crippen molar-refractivity contribution >= 4 is 41.5 Å². The SMILES string of the molecule is CCCCNC(=NC)NCC(c1ccccc1Cl)N1CCOCC1.I. The van der Waals surface area contributed by atoms with Crippen LogP contribution in [0.15, 0.2) is 29.3 Å². The fraction of sp³-hybridized carbons (Fsp3) is 0.611. The minimum Gasteiger partial charge on any atom is -0.379 e. The minimum atomic E-state index is 0. The Bertz CT molecular complexity index is 524. The van der Waals surface area contributed by atoms with Crippen LogP contribution in [0.25, 0.3) is 0 Å².